The van der Waals surface area contributed by atoms with E-state index in [4.69, 9.17) is 25.8 Å². The predicted octanol–water partition coefficient (Wildman–Crippen LogP) is 5.54. The Hall–Kier alpha value is -3.44. The van der Waals surface area contributed by atoms with Gasteiger partial charge < -0.3 is 19.3 Å². The minimum absolute atomic E-state index is 0.0173. The summed E-state index contributed by atoms with van der Waals surface area (Å²) in [6.07, 6.45) is 3.17. The van der Waals surface area contributed by atoms with Gasteiger partial charge in [0.25, 0.3) is 0 Å². The van der Waals surface area contributed by atoms with Crippen LogP contribution in [0, 0.1) is 0 Å². The third-order valence-electron chi connectivity index (χ3n) is 4.42. The van der Waals surface area contributed by atoms with E-state index in [9.17, 15) is 9.90 Å². The van der Waals surface area contributed by atoms with Crippen molar-refractivity contribution in [3.8, 4) is 23.0 Å². The number of aromatic hydroxyl groups is 1. The highest BCUT2D eigenvalue weighted by molar-refractivity contribution is 6.32. The molecule has 0 aliphatic heterocycles. The van der Waals surface area contributed by atoms with Crippen LogP contribution in [0.2, 0.25) is 5.02 Å². The van der Waals surface area contributed by atoms with Crippen molar-refractivity contribution in [2.24, 2.45) is 0 Å². The van der Waals surface area contributed by atoms with Gasteiger partial charge in [0.05, 0.1) is 19.2 Å². The van der Waals surface area contributed by atoms with Gasteiger partial charge in [-0.25, -0.2) is 0 Å². The molecular weight excluding hydrogens is 404 g/mol. The molecule has 0 heterocycles. The number of carbonyl (C=O) groups excluding carboxylic acids is 1. The van der Waals surface area contributed by atoms with Gasteiger partial charge in [-0.3, -0.25) is 4.79 Å². The summed E-state index contributed by atoms with van der Waals surface area (Å²) in [5.41, 5.74) is 2.04. The number of phenols is 1. The van der Waals surface area contributed by atoms with Crippen molar-refractivity contribution in [1.29, 1.82) is 0 Å². The van der Waals surface area contributed by atoms with Crippen LogP contribution in [0.5, 0.6) is 23.0 Å². The molecule has 0 spiro atoms. The summed E-state index contributed by atoms with van der Waals surface area (Å²) >= 11 is 6.14. The normalized spacial score (nSPS) is 10.8. The smallest absolute Gasteiger partial charge is 0.185 e. The maximum atomic E-state index is 12.5. The Labute approximate surface area is 180 Å². The monoisotopic (exact) mass is 424 g/mol. The van der Waals surface area contributed by atoms with Crippen LogP contribution >= 0.6 is 11.6 Å². The third kappa shape index (κ3) is 5.13. The van der Waals surface area contributed by atoms with Crippen molar-refractivity contribution < 1.29 is 24.1 Å². The highest BCUT2D eigenvalue weighted by atomic mass is 35.5. The van der Waals surface area contributed by atoms with E-state index in [1.54, 1.807) is 31.4 Å². The topological polar surface area (TPSA) is 65.0 Å². The number of hydrogen-bond donors (Lipinski definition) is 1. The van der Waals surface area contributed by atoms with Gasteiger partial charge in [0, 0.05) is 11.1 Å². The predicted molar refractivity (Wildman–Crippen MR) is 117 cm³/mol. The second-order valence-corrected chi connectivity index (χ2v) is 6.78. The summed E-state index contributed by atoms with van der Waals surface area (Å²) in [6.45, 7) is 0.262. The zero-order chi connectivity index (χ0) is 21.5. The molecule has 3 rings (SSSR count). The van der Waals surface area contributed by atoms with Gasteiger partial charge in [-0.1, -0.05) is 35.9 Å². The quantitative estimate of drug-likeness (QED) is 0.380. The molecule has 0 fully saturated rings. The number of allylic oxidation sites excluding steroid dienone is 1. The number of para-hydroxylation sites is 1. The SMILES string of the molecule is COc1cc(C(=O)/C=C/c2ccc(OC)c(COc3ccccc3Cl)c2)ccc1O. The van der Waals surface area contributed by atoms with Crippen LogP contribution < -0.4 is 14.2 Å². The Bertz CT molecular complexity index is 1070. The first-order valence-electron chi connectivity index (χ1n) is 9.15. The molecule has 0 aliphatic carbocycles. The van der Waals surface area contributed by atoms with Crippen molar-refractivity contribution >= 4 is 23.5 Å². The summed E-state index contributed by atoms with van der Waals surface area (Å²) < 4.78 is 16.3. The third-order valence-corrected chi connectivity index (χ3v) is 4.73. The fourth-order valence-electron chi connectivity index (χ4n) is 2.83. The number of hydrogen-bond acceptors (Lipinski definition) is 5. The van der Waals surface area contributed by atoms with Crippen LogP contribution in [0.3, 0.4) is 0 Å². The van der Waals surface area contributed by atoms with Crippen LogP contribution in [-0.4, -0.2) is 25.1 Å². The number of ketones is 1. The first-order valence-corrected chi connectivity index (χ1v) is 9.53. The molecule has 6 heteroatoms. The molecule has 0 amide bonds. The fraction of sp³-hybridized carbons (Fsp3) is 0.125. The van der Waals surface area contributed by atoms with Gasteiger partial charge in [-0.2, -0.15) is 0 Å². The average Bonchev–Trinajstić information content (AvgIpc) is 2.77. The van der Waals surface area contributed by atoms with Crippen molar-refractivity contribution in [3.63, 3.8) is 0 Å². The molecule has 3 aromatic carbocycles. The summed E-state index contributed by atoms with van der Waals surface area (Å²) in [5, 5.41) is 10.2. The van der Waals surface area contributed by atoms with Gasteiger partial charge in [0.2, 0.25) is 0 Å². The Morgan fingerprint density at radius 3 is 2.47 bits per heavy atom. The van der Waals surface area contributed by atoms with Crippen LogP contribution in [0.15, 0.2) is 66.7 Å². The van der Waals surface area contributed by atoms with Crippen LogP contribution in [0.25, 0.3) is 6.08 Å². The standard InChI is InChI=1S/C24H21ClO5/c1-28-22-12-8-16(13-18(22)15-30-23-6-4-3-5-19(23)25)7-10-20(26)17-9-11-21(27)24(14-17)29-2/h3-14,27H,15H2,1-2H3/b10-7+. The van der Waals surface area contributed by atoms with Crippen molar-refractivity contribution in [1.82, 2.24) is 0 Å². The van der Waals surface area contributed by atoms with E-state index in [1.165, 1.54) is 25.3 Å². The first kappa shape index (κ1) is 21.3. The second kappa shape index (κ2) is 9.85. The number of methoxy groups -OCH3 is 2. The number of carbonyl (C=O) groups is 1. The van der Waals surface area contributed by atoms with E-state index < -0.39 is 0 Å². The van der Waals surface area contributed by atoms with Crippen molar-refractivity contribution in [2.45, 2.75) is 6.61 Å². The zero-order valence-electron chi connectivity index (χ0n) is 16.6. The Kier molecular flexibility index (Phi) is 6.99. The molecule has 0 saturated carbocycles. The Balaban J connectivity index is 1.77. The molecule has 1 N–H and O–H groups in total. The van der Waals surface area contributed by atoms with Crippen LogP contribution in [0.1, 0.15) is 21.5 Å². The van der Waals surface area contributed by atoms with E-state index in [-0.39, 0.29) is 23.9 Å². The lowest BCUT2D eigenvalue weighted by Crippen LogP contribution is -2.00. The summed E-state index contributed by atoms with van der Waals surface area (Å²) in [5.74, 6) is 1.28. The molecule has 0 radical (unpaired) electrons. The van der Waals surface area contributed by atoms with Gasteiger partial charge in [0.1, 0.15) is 18.1 Å². The second-order valence-electron chi connectivity index (χ2n) is 6.37. The lowest BCUT2D eigenvalue weighted by Gasteiger charge is -2.12. The molecule has 3 aromatic rings. The van der Waals surface area contributed by atoms with Crippen LogP contribution in [0.4, 0.5) is 0 Å². The summed E-state index contributed by atoms with van der Waals surface area (Å²) in [4.78, 5) is 12.5. The lowest BCUT2D eigenvalue weighted by atomic mass is 10.1. The molecule has 0 saturated heterocycles. The molecule has 5 nitrogen and oxygen atoms in total. The van der Waals surface area contributed by atoms with E-state index in [1.807, 2.05) is 30.3 Å². The number of phenolic OH excluding ortho intramolecular Hbond substituents is 1. The van der Waals surface area contributed by atoms with Gasteiger partial charge in [-0.05, 0) is 54.1 Å². The molecule has 0 atom stereocenters. The molecule has 0 aliphatic rings. The van der Waals surface area contributed by atoms with Gasteiger partial charge in [0.15, 0.2) is 17.3 Å². The molecule has 154 valence electrons. The van der Waals surface area contributed by atoms with Gasteiger partial charge in [-0.15, -0.1) is 0 Å². The van der Waals surface area contributed by atoms with E-state index in [2.05, 4.69) is 0 Å². The lowest BCUT2D eigenvalue weighted by molar-refractivity contribution is 0.104. The van der Waals surface area contributed by atoms with Gasteiger partial charge >= 0.3 is 0 Å². The maximum absolute atomic E-state index is 12.5. The van der Waals surface area contributed by atoms with E-state index in [0.717, 1.165) is 11.1 Å². The fourth-order valence-corrected chi connectivity index (χ4v) is 3.02. The highest BCUT2D eigenvalue weighted by Crippen LogP contribution is 2.28. The zero-order valence-corrected chi connectivity index (χ0v) is 17.3. The molecule has 0 bridgehead atoms. The Morgan fingerprint density at radius 2 is 1.73 bits per heavy atom. The molecule has 0 aromatic heterocycles. The van der Waals surface area contributed by atoms with E-state index in [0.29, 0.717) is 22.1 Å². The van der Waals surface area contributed by atoms with Crippen molar-refractivity contribution in [2.75, 3.05) is 14.2 Å². The number of benzene rings is 3. The molecule has 0 unspecified atom stereocenters. The number of ether oxygens (including phenoxy) is 3. The number of rotatable bonds is 8. The minimum Gasteiger partial charge on any atom is -0.504 e. The highest BCUT2D eigenvalue weighted by Gasteiger charge is 2.09. The Morgan fingerprint density at radius 1 is 0.967 bits per heavy atom. The molecular formula is C24H21ClO5. The average molecular weight is 425 g/mol. The van der Waals surface area contributed by atoms with Crippen LogP contribution in [-0.2, 0) is 6.61 Å². The van der Waals surface area contributed by atoms with Crippen molar-refractivity contribution in [3.05, 3.63) is 88.5 Å². The summed E-state index contributed by atoms with van der Waals surface area (Å²) in [6, 6.07) is 17.3. The largest absolute Gasteiger partial charge is 0.504 e. The number of halogens is 1. The minimum atomic E-state index is -0.210. The molecule has 30 heavy (non-hydrogen) atoms. The van der Waals surface area contributed by atoms with E-state index >= 15 is 0 Å². The maximum Gasteiger partial charge on any atom is 0.185 e. The summed E-state index contributed by atoms with van der Waals surface area (Å²) in [7, 11) is 3.02. The first-order chi connectivity index (χ1) is 14.5.